The second kappa shape index (κ2) is 18.0. The standard InChI is InChI=1S/C50H60F3N5O4Si/c1-32(2)63(33(3)4,34(5)6)23-18-36-16-11-17-37-24-40(62-31-60-28-35-14-9-8-10-15-35)43(52)42(41(36)37)46-44(53)45-39(26-54-46)47(57-21-12-19-49(7,59)29-57)56-48(55-45)61-30-50-20-13-22-58(50)27-38(51)25-50/h8-11,14-17,24,26,32-34,38,59H,12-13,19-22,25,27-31H2,1-7H3/t38-,49-,50+/m1/s1. The van der Waals surface area contributed by atoms with Crippen molar-refractivity contribution in [3.05, 3.63) is 83.6 Å². The van der Waals surface area contributed by atoms with Crippen molar-refractivity contribution in [3.63, 3.8) is 0 Å². The molecule has 334 valence electrons. The molecule has 2 aromatic heterocycles. The summed E-state index contributed by atoms with van der Waals surface area (Å²) in [7, 11) is -2.25. The van der Waals surface area contributed by atoms with Crippen LogP contribution in [-0.2, 0) is 11.3 Å². The molecule has 5 heterocycles. The summed E-state index contributed by atoms with van der Waals surface area (Å²) in [6, 6.07) is 16.7. The van der Waals surface area contributed by atoms with Crippen LogP contribution in [0.4, 0.5) is 19.0 Å². The van der Waals surface area contributed by atoms with Gasteiger partial charge in [0.1, 0.15) is 37.9 Å². The van der Waals surface area contributed by atoms with Crippen molar-refractivity contribution >= 4 is 35.6 Å². The number of benzene rings is 3. The van der Waals surface area contributed by atoms with Gasteiger partial charge in [-0.25, -0.2) is 13.2 Å². The summed E-state index contributed by atoms with van der Waals surface area (Å²) in [6.45, 7) is 17.2. The van der Waals surface area contributed by atoms with Crippen molar-refractivity contribution in [1.82, 2.24) is 19.9 Å². The Labute approximate surface area is 370 Å². The molecule has 1 N–H and O–H groups in total. The topological polar surface area (TPSA) is 93.1 Å². The highest BCUT2D eigenvalue weighted by molar-refractivity contribution is 6.90. The molecule has 0 aliphatic carbocycles. The normalized spacial score (nSPS) is 21.7. The molecule has 5 aromatic rings. The van der Waals surface area contributed by atoms with Crippen molar-refractivity contribution in [3.8, 4) is 34.5 Å². The van der Waals surface area contributed by atoms with Gasteiger partial charge >= 0.3 is 6.01 Å². The Balaban J connectivity index is 1.29. The van der Waals surface area contributed by atoms with Crippen LogP contribution < -0.4 is 14.4 Å². The minimum absolute atomic E-state index is 0.0795. The number of nitrogens with zero attached hydrogens (tertiary/aromatic N) is 5. The molecule has 3 fully saturated rings. The van der Waals surface area contributed by atoms with E-state index in [1.807, 2.05) is 53.4 Å². The fourth-order valence-corrected chi connectivity index (χ4v) is 16.1. The SMILES string of the molecule is CC(C)[Si](C#Cc1cccc2cc(OCOCc3ccccc3)c(F)c(-c3ncc4c(N5CCC[C@@](C)(O)C5)nc(OC[C@@]56CCCN5C[C@H](F)C6)nc4c3F)c12)(C(C)C)C(C)C. The van der Waals surface area contributed by atoms with E-state index < -0.39 is 37.0 Å². The van der Waals surface area contributed by atoms with E-state index in [2.05, 4.69) is 67.9 Å². The molecule has 0 radical (unpaired) electrons. The summed E-state index contributed by atoms with van der Waals surface area (Å²) < 4.78 is 68.2. The number of aliphatic hydroxyl groups is 1. The van der Waals surface area contributed by atoms with Crippen molar-refractivity contribution in [2.24, 2.45) is 0 Å². The van der Waals surface area contributed by atoms with Crippen LogP contribution >= 0.6 is 0 Å². The molecule has 63 heavy (non-hydrogen) atoms. The molecule has 8 rings (SSSR count). The summed E-state index contributed by atoms with van der Waals surface area (Å²) in [4.78, 5) is 18.2. The van der Waals surface area contributed by atoms with Crippen molar-refractivity contribution in [2.45, 2.75) is 121 Å². The third-order valence-corrected chi connectivity index (χ3v) is 20.1. The Morgan fingerprint density at radius 3 is 2.40 bits per heavy atom. The van der Waals surface area contributed by atoms with E-state index in [1.54, 1.807) is 13.0 Å². The molecule has 0 amide bonds. The number of halogens is 3. The molecule has 3 saturated heterocycles. The smallest absolute Gasteiger partial charge is 0.319 e. The zero-order valence-electron chi connectivity index (χ0n) is 37.6. The lowest BCUT2D eigenvalue weighted by Crippen LogP contribution is -2.46. The molecule has 3 aliphatic heterocycles. The zero-order valence-corrected chi connectivity index (χ0v) is 38.6. The quantitative estimate of drug-likeness (QED) is 0.0537. The van der Waals surface area contributed by atoms with E-state index in [-0.39, 0.29) is 55.1 Å². The molecule has 0 spiro atoms. The lowest BCUT2D eigenvalue weighted by Gasteiger charge is -2.38. The van der Waals surface area contributed by atoms with Crippen LogP contribution in [0.25, 0.3) is 32.9 Å². The van der Waals surface area contributed by atoms with Gasteiger partial charge in [-0.15, -0.1) is 5.54 Å². The average molecular weight is 880 g/mol. The van der Waals surface area contributed by atoms with Crippen LogP contribution in [0.3, 0.4) is 0 Å². The van der Waals surface area contributed by atoms with Crippen molar-refractivity contribution < 1.29 is 32.5 Å². The Morgan fingerprint density at radius 1 is 0.921 bits per heavy atom. The Kier molecular flexibility index (Phi) is 12.8. The predicted octanol–water partition coefficient (Wildman–Crippen LogP) is 10.6. The van der Waals surface area contributed by atoms with Gasteiger partial charge in [0.05, 0.1) is 28.7 Å². The minimum Gasteiger partial charge on any atom is -0.464 e. The highest BCUT2D eigenvalue weighted by Crippen LogP contribution is 2.44. The first-order valence-electron chi connectivity index (χ1n) is 22.5. The maximum atomic E-state index is 17.8. The molecule has 0 unspecified atom stereocenters. The lowest BCUT2D eigenvalue weighted by molar-refractivity contribution is 0.00317. The van der Waals surface area contributed by atoms with Crippen LogP contribution in [0.1, 0.15) is 91.7 Å². The van der Waals surface area contributed by atoms with E-state index >= 15 is 8.78 Å². The van der Waals surface area contributed by atoms with Crippen LogP contribution in [0.15, 0.2) is 60.8 Å². The molecular formula is C50H60F3N5O4Si. The first-order chi connectivity index (χ1) is 30.1. The first-order valence-corrected chi connectivity index (χ1v) is 24.7. The number of pyridine rings is 1. The number of piperidine rings is 1. The number of fused-ring (bicyclic) bond motifs is 3. The minimum atomic E-state index is -2.25. The highest BCUT2D eigenvalue weighted by atomic mass is 28.3. The van der Waals surface area contributed by atoms with Gasteiger partial charge < -0.3 is 24.2 Å². The summed E-state index contributed by atoms with van der Waals surface area (Å²) in [5, 5.41) is 12.4. The van der Waals surface area contributed by atoms with Crippen LogP contribution in [0.5, 0.6) is 11.8 Å². The molecule has 3 atom stereocenters. The Bertz CT molecular complexity index is 2510. The second-order valence-electron chi connectivity index (χ2n) is 19.1. The fourth-order valence-electron chi connectivity index (χ4n) is 10.8. The van der Waals surface area contributed by atoms with Gasteiger partial charge in [-0.1, -0.05) is 89.9 Å². The molecular weight excluding hydrogens is 820 g/mol. The van der Waals surface area contributed by atoms with Crippen LogP contribution in [0, 0.1) is 23.1 Å². The highest BCUT2D eigenvalue weighted by Gasteiger charge is 2.49. The third kappa shape index (κ3) is 8.76. The monoisotopic (exact) mass is 879 g/mol. The molecule has 0 saturated carbocycles. The van der Waals surface area contributed by atoms with Gasteiger partial charge in [0.25, 0.3) is 0 Å². The molecule has 3 aromatic carbocycles. The Hall–Kier alpha value is -4.74. The van der Waals surface area contributed by atoms with E-state index in [0.717, 1.165) is 24.9 Å². The number of anilines is 1. The van der Waals surface area contributed by atoms with Gasteiger partial charge in [0, 0.05) is 43.2 Å². The van der Waals surface area contributed by atoms with Crippen LogP contribution in [0.2, 0.25) is 16.6 Å². The van der Waals surface area contributed by atoms with E-state index in [0.29, 0.717) is 76.5 Å². The van der Waals surface area contributed by atoms with Gasteiger partial charge in [0.15, 0.2) is 24.2 Å². The predicted molar refractivity (Wildman–Crippen MR) is 245 cm³/mol. The van der Waals surface area contributed by atoms with Gasteiger partial charge in [-0.05, 0) is 78.9 Å². The summed E-state index contributed by atoms with van der Waals surface area (Å²) in [6.07, 6.45) is 3.82. The number of rotatable bonds is 13. The summed E-state index contributed by atoms with van der Waals surface area (Å²) in [5.74, 6) is 2.05. The van der Waals surface area contributed by atoms with E-state index in [1.165, 1.54) is 6.20 Å². The summed E-state index contributed by atoms with van der Waals surface area (Å²) >= 11 is 0. The number of hydrogen-bond acceptors (Lipinski definition) is 9. The fraction of sp³-hybridized carbons (Fsp3) is 0.500. The average Bonchev–Trinajstić information content (AvgIpc) is 3.77. The molecule has 9 nitrogen and oxygen atoms in total. The first kappa shape index (κ1) is 44.8. The van der Waals surface area contributed by atoms with Gasteiger partial charge in [-0.2, -0.15) is 9.97 Å². The molecule has 3 aliphatic rings. The lowest BCUT2D eigenvalue weighted by atomic mass is 9.94. The number of ether oxygens (including phenoxy) is 3. The van der Waals surface area contributed by atoms with E-state index in [4.69, 9.17) is 19.2 Å². The maximum absolute atomic E-state index is 17.8. The number of hydrogen-bond donors (Lipinski definition) is 1. The number of alkyl halides is 1. The summed E-state index contributed by atoms with van der Waals surface area (Å²) in [5.41, 5.74) is 4.32. The largest absolute Gasteiger partial charge is 0.464 e. The Morgan fingerprint density at radius 2 is 1.67 bits per heavy atom. The van der Waals surface area contributed by atoms with Gasteiger partial charge in [-0.3, -0.25) is 9.88 Å². The van der Waals surface area contributed by atoms with Crippen molar-refractivity contribution in [1.29, 1.82) is 0 Å². The van der Waals surface area contributed by atoms with Crippen molar-refractivity contribution in [2.75, 3.05) is 44.5 Å². The van der Waals surface area contributed by atoms with Gasteiger partial charge in [0.2, 0.25) is 0 Å². The second-order valence-corrected chi connectivity index (χ2v) is 24.7. The number of aromatic nitrogens is 3. The van der Waals surface area contributed by atoms with E-state index in [9.17, 15) is 9.50 Å². The molecule has 0 bridgehead atoms. The van der Waals surface area contributed by atoms with Crippen LogP contribution in [-0.4, -0.2) is 89.9 Å². The maximum Gasteiger partial charge on any atom is 0.319 e. The molecule has 13 heteroatoms. The zero-order chi connectivity index (χ0) is 44.7. The third-order valence-electron chi connectivity index (χ3n) is 13.8. The number of β-amino-alcohol motifs (C(OH)–C–C–N with tert-alkyl or cyclic N) is 1.